The molecule has 2 rings (SSSR count). The summed E-state index contributed by atoms with van der Waals surface area (Å²) in [7, 11) is 0. The van der Waals surface area contributed by atoms with E-state index in [2.05, 4.69) is 15.3 Å². The third kappa shape index (κ3) is 3.39. The lowest BCUT2D eigenvalue weighted by Crippen LogP contribution is -2.12. The summed E-state index contributed by atoms with van der Waals surface area (Å²) in [6.45, 7) is 2.19. The Balaban J connectivity index is 2.51. The van der Waals surface area contributed by atoms with Crippen LogP contribution < -0.4 is 5.32 Å². The molecule has 1 aromatic carbocycles. The van der Waals surface area contributed by atoms with Crippen molar-refractivity contribution in [2.24, 2.45) is 0 Å². The van der Waals surface area contributed by atoms with Crippen LogP contribution in [0.5, 0.6) is 0 Å². The zero-order valence-electron chi connectivity index (χ0n) is 10.5. The average molecular weight is 302 g/mol. The Kier molecular flexibility index (Phi) is 4.13. The number of hydrogen-bond donors (Lipinski definition) is 1. The van der Waals surface area contributed by atoms with E-state index in [-0.39, 0.29) is 11.6 Å². The molecule has 0 atom stereocenters. The van der Waals surface area contributed by atoms with Gasteiger partial charge in [0.1, 0.15) is 0 Å². The lowest BCUT2D eigenvalue weighted by Gasteiger charge is -2.11. The average Bonchev–Trinajstić information content (AvgIpc) is 2.38. The van der Waals surface area contributed by atoms with Gasteiger partial charge in [0.2, 0.25) is 5.95 Å². The number of benzene rings is 1. The van der Waals surface area contributed by atoms with Crippen molar-refractivity contribution in [2.75, 3.05) is 11.9 Å². The van der Waals surface area contributed by atoms with Crippen molar-refractivity contribution in [3.05, 3.63) is 41.0 Å². The molecule has 0 bridgehead atoms. The second-order valence-corrected chi connectivity index (χ2v) is 4.43. The van der Waals surface area contributed by atoms with Crippen LogP contribution in [0.25, 0.3) is 11.3 Å². The van der Waals surface area contributed by atoms with E-state index in [1.54, 1.807) is 31.2 Å². The first-order chi connectivity index (χ1) is 9.40. The van der Waals surface area contributed by atoms with Crippen LogP contribution in [-0.4, -0.2) is 16.5 Å². The normalized spacial score (nSPS) is 11.4. The predicted octanol–water partition coefficient (Wildman–Crippen LogP) is 4.25. The first-order valence-electron chi connectivity index (χ1n) is 5.86. The summed E-state index contributed by atoms with van der Waals surface area (Å²) < 4.78 is 38.5. The van der Waals surface area contributed by atoms with Gasteiger partial charge in [-0.05, 0) is 25.1 Å². The van der Waals surface area contributed by atoms with Gasteiger partial charge in [-0.1, -0.05) is 23.7 Å². The molecule has 1 N–H and O–H groups in total. The van der Waals surface area contributed by atoms with E-state index in [0.717, 1.165) is 6.07 Å². The van der Waals surface area contributed by atoms with Crippen molar-refractivity contribution >= 4 is 17.5 Å². The lowest BCUT2D eigenvalue weighted by atomic mass is 10.1. The molecule has 0 saturated carbocycles. The van der Waals surface area contributed by atoms with Gasteiger partial charge in [-0.2, -0.15) is 13.2 Å². The molecule has 1 aromatic heterocycles. The Morgan fingerprint density at radius 1 is 1.15 bits per heavy atom. The molecule has 3 nitrogen and oxygen atoms in total. The van der Waals surface area contributed by atoms with Gasteiger partial charge in [-0.3, -0.25) is 0 Å². The fourth-order valence-electron chi connectivity index (χ4n) is 1.60. The van der Waals surface area contributed by atoms with Gasteiger partial charge in [0, 0.05) is 17.1 Å². The van der Waals surface area contributed by atoms with Gasteiger partial charge in [0.05, 0.1) is 5.69 Å². The highest BCUT2D eigenvalue weighted by Gasteiger charge is 2.33. The van der Waals surface area contributed by atoms with Gasteiger partial charge >= 0.3 is 6.18 Å². The largest absolute Gasteiger partial charge is 0.433 e. The Morgan fingerprint density at radius 3 is 2.35 bits per heavy atom. The molecule has 0 fully saturated rings. The van der Waals surface area contributed by atoms with E-state index in [4.69, 9.17) is 11.6 Å². The smallest absolute Gasteiger partial charge is 0.354 e. The van der Waals surface area contributed by atoms with E-state index in [9.17, 15) is 13.2 Å². The maximum Gasteiger partial charge on any atom is 0.433 e. The van der Waals surface area contributed by atoms with Crippen molar-refractivity contribution in [3.63, 3.8) is 0 Å². The number of aromatic nitrogens is 2. The quantitative estimate of drug-likeness (QED) is 0.921. The topological polar surface area (TPSA) is 37.8 Å². The highest BCUT2D eigenvalue weighted by atomic mass is 35.5. The van der Waals surface area contributed by atoms with E-state index in [1.807, 2.05) is 0 Å². The number of nitrogens with one attached hydrogen (secondary N) is 1. The van der Waals surface area contributed by atoms with Crippen LogP contribution in [0.2, 0.25) is 5.02 Å². The van der Waals surface area contributed by atoms with E-state index >= 15 is 0 Å². The first-order valence-corrected chi connectivity index (χ1v) is 6.24. The molecule has 106 valence electrons. The molecule has 0 aliphatic carbocycles. The molecule has 0 unspecified atom stereocenters. The molecule has 20 heavy (non-hydrogen) atoms. The summed E-state index contributed by atoms with van der Waals surface area (Å²) in [6.07, 6.45) is -4.52. The maximum atomic E-state index is 12.8. The van der Waals surface area contributed by atoms with E-state index < -0.39 is 11.9 Å². The fraction of sp³-hybridized carbons (Fsp3) is 0.231. The van der Waals surface area contributed by atoms with Crippen LogP contribution in [0.3, 0.4) is 0 Å². The molecule has 0 aliphatic rings. The number of nitrogens with zero attached hydrogens (tertiary/aromatic N) is 2. The summed E-state index contributed by atoms with van der Waals surface area (Å²) in [5.74, 6) is -0.0488. The van der Waals surface area contributed by atoms with Crippen LogP contribution in [0.15, 0.2) is 30.3 Å². The van der Waals surface area contributed by atoms with Gasteiger partial charge in [-0.15, -0.1) is 0 Å². The van der Waals surface area contributed by atoms with E-state index in [1.165, 1.54) is 0 Å². The zero-order chi connectivity index (χ0) is 14.8. The summed E-state index contributed by atoms with van der Waals surface area (Å²) in [5, 5.41) is 3.20. The van der Waals surface area contributed by atoms with Crippen LogP contribution in [0, 0.1) is 0 Å². The summed E-state index contributed by atoms with van der Waals surface area (Å²) in [4.78, 5) is 7.54. The van der Waals surface area contributed by atoms with E-state index in [0.29, 0.717) is 17.1 Å². The second kappa shape index (κ2) is 5.66. The van der Waals surface area contributed by atoms with Gasteiger partial charge in [-0.25, -0.2) is 9.97 Å². The molecule has 0 spiro atoms. The van der Waals surface area contributed by atoms with Gasteiger partial charge in [0.15, 0.2) is 5.69 Å². The Labute approximate surface area is 118 Å². The van der Waals surface area contributed by atoms with Crippen molar-refractivity contribution in [3.8, 4) is 11.3 Å². The van der Waals surface area contributed by atoms with Crippen LogP contribution in [0.4, 0.5) is 19.1 Å². The molecule has 0 amide bonds. The number of halogens is 4. The fourth-order valence-corrected chi connectivity index (χ4v) is 1.72. The monoisotopic (exact) mass is 301 g/mol. The lowest BCUT2D eigenvalue weighted by molar-refractivity contribution is -0.141. The second-order valence-electron chi connectivity index (χ2n) is 4.00. The summed E-state index contributed by atoms with van der Waals surface area (Å²) >= 11 is 5.76. The van der Waals surface area contributed by atoms with Crippen molar-refractivity contribution in [1.82, 2.24) is 9.97 Å². The molecule has 2 aromatic rings. The molecule has 1 heterocycles. The minimum atomic E-state index is -4.52. The Morgan fingerprint density at radius 2 is 1.80 bits per heavy atom. The number of alkyl halides is 3. The highest BCUT2D eigenvalue weighted by molar-refractivity contribution is 6.30. The Bertz CT molecular complexity index is 597. The summed E-state index contributed by atoms with van der Waals surface area (Å²) in [6, 6.07) is 7.34. The molecule has 0 radical (unpaired) electrons. The number of hydrogen-bond acceptors (Lipinski definition) is 3. The van der Waals surface area contributed by atoms with Crippen LogP contribution in [-0.2, 0) is 6.18 Å². The standard InChI is InChI=1S/C13H11ClF3N3/c1-2-18-12-19-10(7-11(20-12)13(15,16)17)8-3-5-9(14)6-4-8/h3-7H,2H2,1H3,(H,18,19,20). The maximum absolute atomic E-state index is 12.8. The summed E-state index contributed by atoms with van der Waals surface area (Å²) in [5.41, 5.74) is -0.241. The minimum Gasteiger partial charge on any atom is -0.354 e. The number of rotatable bonds is 3. The third-order valence-corrected chi connectivity index (χ3v) is 2.74. The van der Waals surface area contributed by atoms with Gasteiger partial charge in [0.25, 0.3) is 0 Å². The molecule has 0 aliphatic heterocycles. The minimum absolute atomic E-state index is 0.0488. The number of anilines is 1. The first kappa shape index (κ1) is 14.6. The molecular formula is C13H11ClF3N3. The van der Waals surface area contributed by atoms with Crippen molar-refractivity contribution < 1.29 is 13.2 Å². The van der Waals surface area contributed by atoms with Crippen molar-refractivity contribution in [1.29, 1.82) is 0 Å². The van der Waals surface area contributed by atoms with Crippen LogP contribution in [0.1, 0.15) is 12.6 Å². The predicted molar refractivity (Wildman–Crippen MR) is 71.6 cm³/mol. The van der Waals surface area contributed by atoms with Crippen molar-refractivity contribution in [2.45, 2.75) is 13.1 Å². The molecule has 0 saturated heterocycles. The third-order valence-electron chi connectivity index (χ3n) is 2.49. The highest BCUT2D eigenvalue weighted by Crippen LogP contribution is 2.31. The molecule has 7 heteroatoms. The zero-order valence-corrected chi connectivity index (χ0v) is 11.3. The SMILES string of the molecule is CCNc1nc(-c2ccc(Cl)cc2)cc(C(F)(F)F)n1. The Hall–Kier alpha value is -1.82. The molecular weight excluding hydrogens is 291 g/mol. The van der Waals surface area contributed by atoms with Crippen LogP contribution >= 0.6 is 11.6 Å². The van der Waals surface area contributed by atoms with Gasteiger partial charge < -0.3 is 5.32 Å².